The van der Waals surface area contributed by atoms with E-state index < -0.39 is 6.23 Å². The number of nitrogens with zero attached hydrogens (tertiary/aromatic N) is 3. The number of ether oxygens (including phenoxy) is 3. The summed E-state index contributed by atoms with van der Waals surface area (Å²) in [5, 5.41) is 24.3. The molecular weight excluding hydrogens is 574 g/mol. The molecule has 3 aromatic heterocycles. The van der Waals surface area contributed by atoms with E-state index in [1.54, 1.807) is 42.3 Å². The van der Waals surface area contributed by atoms with Crippen LogP contribution in [0.2, 0.25) is 0 Å². The van der Waals surface area contributed by atoms with Gasteiger partial charge in [0.25, 0.3) is 5.91 Å². The number of hydrogen-bond donors (Lipinski definition) is 4. The van der Waals surface area contributed by atoms with E-state index >= 15 is 0 Å². The van der Waals surface area contributed by atoms with Crippen LogP contribution in [0.25, 0.3) is 21.8 Å². The summed E-state index contributed by atoms with van der Waals surface area (Å²) < 4.78 is 16.6. The minimum absolute atomic E-state index is 0.0310. The molecule has 2 atom stereocenters. The number of halogens is 1. The number of anilines is 2. The Morgan fingerprint density at radius 2 is 1.91 bits per heavy atom. The van der Waals surface area contributed by atoms with E-state index in [0.29, 0.717) is 70.3 Å². The molecule has 222 valence electrons. The van der Waals surface area contributed by atoms with Crippen LogP contribution in [0.5, 0.6) is 23.0 Å². The molecular formula is C31H30ClN5O6. The van der Waals surface area contributed by atoms with Gasteiger partial charge in [0.2, 0.25) is 5.75 Å². The smallest absolute Gasteiger partial charge is 0.274 e. The number of aromatic nitrogens is 3. The maximum absolute atomic E-state index is 13.6. The highest BCUT2D eigenvalue weighted by Crippen LogP contribution is 2.49. The summed E-state index contributed by atoms with van der Waals surface area (Å²) >= 11 is 6.48. The fraction of sp³-hybridized carbons (Fsp3) is 0.290. The highest BCUT2D eigenvalue weighted by atomic mass is 35.5. The molecule has 0 saturated carbocycles. The molecule has 2 aliphatic heterocycles. The lowest BCUT2D eigenvalue weighted by Gasteiger charge is -2.25. The number of methoxy groups -OCH3 is 3. The van der Waals surface area contributed by atoms with Crippen molar-refractivity contribution in [2.24, 2.45) is 0 Å². The van der Waals surface area contributed by atoms with Crippen LogP contribution in [0.1, 0.15) is 39.6 Å². The van der Waals surface area contributed by atoms with Gasteiger partial charge in [0.1, 0.15) is 11.4 Å². The van der Waals surface area contributed by atoms with Crippen LogP contribution in [0.3, 0.4) is 0 Å². The fourth-order valence-corrected chi connectivity index (χ4v) is 6.74. The summed E-state index contributed by atoms with van der Waals surface area (Å²) in [5.74, 6) is 1.28. The number of benzene rings is 2. The Hall–Kier alpha value is -4.61. The van der Waals surface area contributed by atoms with Crippen molar-refractivity contribution in [3.8, 4) is 23.0 Å². The third-order valence-electron chi connectivity index (χ3n) is 8.45. The van der Waals surface area contributed by atoms with Gasteiger partial charge in [-0.05, 0) is 35.9 Å². The maximum atomic E-state index is 13.6. The summed E-state index contributed by atoms with van der Waals surface area (Å²) in [5.41, 5.74) is 5.13. The van der Waals surface area contributed by atoms with Crippen molar-refractivity contribution in [2.45, 2.75) is 18.6 Å². The number of aromatic amines is 2. The monoisotopic (exact) mass is 603 g/mol. The predicted octanol–water partition coefficient (Wildman–Crippen LogP) is 4.81. The first kappa shape index (κ1) is 27.2. The topological polar surface area (TPSA) is 136 Å². The van der Waals surface area contributed by atoms with Gasteiger partial charge in [-0.25, -0.2) is 0 Å². The van der Waals surface area contributed by atoms with Gasteiger partial charge in [-0.15, -0.1) is 11.6 Å². The Morgan fingerprint density at radius 3 is 2.65 bits per heavy atom. The summed E-state index contributed by atoms with van der Waals surface area (Å²) in [7, 11) is 4.62. The number of rotatable bonds is 7. The molecule has 43 heavy (non-hydrogen) atoms. The van der Waals surface area contributed by atoms with Crippen LogP contribution in [0, 0.1) is 0 Å². The van der Waals surface area contributed by atoms with Crippen molar-refractivity contribution in [1.82, 2.24) is 15.0 Å². The number of phenols is 1. The number of carbonyl (C=O) groups excluding carboxylic acids is 1. The number of fused-ring (bicyclic) bond motifs is 5. The minimum atomic E-state index is -1.11. The lowest BCUT2D eigenvalue weighted by Crippen LogP contribution is -2.29. The Labute approximate surface area is 251 Å². The summed E-state index contributed by atoms with van der Waals surface area (Å²) in [4.78, 5) is 27.9. The van der Waals surface area contributed by atoms with Gasteiger partial charge in [0.15, 0.2) is 17.7 Å². The second-order valence-electron chi connectivity index (χ2n) is 10.7. The first-order chi connectivity index (χ1) is 20.9. The van der Waals surface area contributed by atoms with Gasteiger partial charge < -0.3 is 44.2 Å². The molecule has 0 aliphatic carbocycles. The van der Waals surface area contributed by atoms with Gasteiger partial charge in [0.05, 0.1) is 49.4 Å². The molecule has 4 N–H and O–H groups in total. The van der Waals surface area contributed by atoms with E-state index in [1.165, 1.54) is 7.11 Å². The number of pyridine rings is 1. The lowest BCUT2D eigenvalue weighted by molar-refractivity contribution is 0.0985. The number of carbonyl (C=O) groups is 1. The Morgan fingerprint density at radius 1 is 1.09 bits per heavy atom. The standard InChI is InChI=1S/C31H30ClN5O6/c1-41-24-10-15-9-19(34-26(15)29(43-3)28(24)42-2)31(40)37-14-16(13-32)25-17-11-20(35-27(17)23(38)12-22(25)37)30(39)36-8-6-18-21(36)5-4-7-33-18/h4-5,7,9-12,16,31,34-35,38,40H,6,8,13-14H2,1-3H3/t16-,31?/m1/s1. The van der Waals surface area contributed by atoms with Gasteiger partial charge in [-0.2, -0.15) is 0 Å². The van der Waals surface area contributed by atoms with Crippen LogP contribution in [0.15, 0.2) is 42.6 Å². The van der Waals surface area contributed by atoms with Crippen LogP contribution >= 0.6 is 11.6 Å². The number of alkyl halides is 1. The zero-order chi connectivity index (χ0) is 30.0. The van der Waals surface area contributed by atoms with Crippen molar-refractivity contribution in [3.05, 3.63) is 65.2 Å². The van der Waals surface area contributed by atoms with E-state index in [2.05, 4.69) is 15.0 Å². The number of aromatic hydroxyl groups is 1. The van der Waals surface area contributed by atoms with E-state index in [9.17, 15) is 15.0 Å². The predicted molar refractivity (Wildman–Crippen MR) is 163 cm³/mol. The quantitative estimate of drug-likeness (QED) is 0.195. The number of nitrogens with one attached hydrogen (secondary N) is 2. The van der Waals surface area contributed by atoms with Crippen molar-refractivity contribution in [1.29, 1.82) is 0 Å². The van der Waals surface area contributed by atoms with Crippen LogP contribution in [-0.4, -0.2) is 71.4 Å². The Kier molecular flexibility index (Phi) is 6.51. The molecule has 0 spiro atoms. The average molecular weight is 604 g/mol. The second-order valence-corrected chi connectivity index (χ2v) is 11.0. The zero-order valence-electron chi connectivity index (χ0n) is 23.8. The molecule has 2 aromatic carbocycles. The number of phenolic OH excluding ortho intramolecular Hbond substituents is 1. The van der Waals surface area contributed by atoms with Gasteiger partial charge in [0, 0.05) is 60.0 Å². The van der Waals surface area contributed by atoms with E-state index in [1.807, 2.05) is 24.3 Å². The molecule has 1 amide bonds. The molecule has 5 aromatic rings. The molecule has 11 nitrogen and oxygen atoms in total. The van der Waals surface area contributed by atoms with Crippen molar-refractivity contribution >= 4 is 50.7 Å². The molecule has 12 heteroatoms. The molecule has 0 radical (unpaired) electrons. The Bertz CT molecular complexity index is 1900. The third kappa shape index (κ3) is 4.06. The molecule has 5 heterocycles. The van der Waals surface area contributed by atoms with Crippen LogP contribution < -0.4 is 24.0 Å². The molecule has 0 saturated heterocycles. The SMILES string of the molecule is COc1cc2cc(C(O)N3C[C@@H](CCl)c4c3cc(O)c3[nH]c(C(=O)N5CCc6ncccc65)cc43)[nH]c2c(OC)c1OC. The number of aliphatic hydroxyl groups excluding tert-OH is 1. The number of hydrogen-bond acceptors (Lipinski definition) is 8. The normalized spacial score (nSPS) is 16.5. The average Bonchev–Trinajstić information content (AvgIpc) is 3.82. The zero-order valence-corrected chi connectivity index (χ0v) is 24.5. The van der Waals surface area contributed by atoms with Gasteiger partial charge >= 0.3 is 0 Å². The van der Waals surface area contributed by atoms with Gasteiger partial charge in [-0.1, -0.05) is 0 Å². The van der Waals surface area contributed by atoms with Gasteiger partial charge in [-0.3, -0.25) is 9.78 Å². The summed E-state index contributed by atoms with van der Waals surface area (Å²) in [6.45, 7) is 0.930. The number of H-pyrrole nitrogens is 2. The Balaban J connectivity index is 1.29. The molecule has 1 unspecified atom stereocenters. The number of amides is 1. The number of aliphatic hydroxyl groups is 1. The summed E-state index contributed by atoms with van der Waals surface area (Å²) in [6.07, 6.45) is 1.30. The van der Waals surface area contributed by atoms with Crippen LogP contribution in [-0.2, 0) is 6.42 Å². The maximum Gasteiger partial charge on any atom is 0.274 e. The lowest BCUT2D eigenvalue weighted by atomic mass is 9.98. The largest absolute Gasteiger partial charge is 0.506 e. The third-order valence-corrected chi connectivity index (χ3v) is 8.83. The van der Waals surface area contributed by atoms with Crippen LogP contribution in [0.4, 0.5) is 11.4 Å². The first-order valence-corrected chi connectivity index (χ1v) is 14.4. The van der Waals surface area contributed by atoms with E-state index in [-0.39, 0.29) is 23.5 Å². The van der Waals surface area contributed by atoms with Crippen molar-refractivity contribution in [3.63, 3.8) is 0 Å². The van der Waals surface area contributed by atoms with Crippen molar-refractivity contribution in [2.75, 3.05) is 50.1 Å². The van der Waals surface area contributed by atoms with Crippen molar-refractivity contribution < 1.29 is 29.2 Å². The van der Waals surface area contributed by atoms with E-state index in [0.717, 1.165) is 22.3 Å². The molecule has 0 bridgehead atoms. The highest BCUT2D eigenvalue weighted by Gasteiger charge is 2.37. The molecule has 2 aliphatic rings. The minimum Gasteiger partial charge on any atom is -0.506 e. The fourth-order valence-electron chi connectivity index (χ4n) is 6.49. The van der Waals surface area contributed by atoms with E-state index in [4.69, 9.17) is 25.8 Å². The molecule has 0 fully saturated rings. The molecule has 7 rings (SSSR count). The summed E-state index contributed by atoms with van der Waals surface area (Å²) in [6, 6.07) is 10.7. The highest BCUT2D eigenvalue weighted by molar-refractivity contribution is 6.19. The second kappa shape index (κ2) is 10.3. The first-order valence-electron chi connectivity index (χ1n) is 13.8.